The minimum Gasteiger partial charge on any atom is -0.492 e. The van der Waals surface area contributed by atoms with Gasteiger partial charge >= 0.3 is 5.97 Å². The molecule has 0 radical (unpaired) electrons. The Morgan fingerprint density at radius 3 is 2.52 bits per heavy atom. The highest BCUT2D eigenvalue weighted by molar-refractivity contribution is 5.80. The predicted molar refractivity (Wildman–Crippen MR) is 96.9 cm³/mol. The van der Waals surface area contributed by atoms with E-state index in [-0.39, 0.29) is 0 Å². The van der Waals surface area contributed by atoms with Gasteiger partial charge in [-0.15, -0.1) is 0 Å². The van der Waals surface area contributed by atoms with Crippen LogP contribution in [0.1, 0.15) is 31.0 Å². The first-order valence-electron chi connectivity index (χ1n) is 8.09. The molecule has 130 valence electrons. The number of carboxylic acid groups (broad SMARTS) is 1. The molecular formula is C19H21N3O3. The third-order valence-electron chi connectivity index (χ3n) is 3.58. The van der Waals surface area contributed by atoms with Gasteiger partial charge in [-0.1, -0.05) is 6.07 Å². The fourth-order valence-corrected chi connectivity index (χ4v) is 2.43. The monoisotopic (exact) mass is 339 g/mol. The lowest BCUT2D eigenvalue weighted by molar-refractivity contribution is -0.138. The molecule has 0 saturated heterocycles. The van der Waals surface area contributed by atoms with Crippen LogP contribution in [0.3, 0.4) is 0 Å². The van der Waals surface area contributed by atoms with Crippen molar-refractivity contribution in [2.75, 3.05) is 23.8 Å². The molecule has 6 heteroatoms. The van der Waals surface area contributed by atoms with Gasteiger partial charge < -0.3 is 20.5 Å². The van der Waals surface area contributed by atoms with E-state index < -0.39 is 12.0 Å². The SMILES string of the molecule is CCNc1cc(C(Nc2ccc(C#N)cc2)C(=O)O)ccc1OCC. The maximum Gasteiger partial charge on any atom is 0.330 e. The molecule has 2 rings (SSSR count). The van der Waals surface area contributed by atoms with Crippen LogP contribution in [-0.4, -0.2) is 24.2 Å². The van der Waals surface area contributed by atoms with Crippen molar-refractivity contribution in [1.29, 1.82) is 5.26 Å². The van der Waals surface area contributed by atoms with Crippen molar-refractivity contribution >= 4 is 17.3 Å². The van der Waals surface area contributed by atoms with E-state index >= 15 is 0 Å². The van der Waals surface area contributed by atoms with Crippen LogP contribution in [0.2, 0.25) is 0 Å². The molecule has 0 bridgehead atoms. The summed E-state index contributed by atoms with van der Waals surface area (Å²) in [5.41, 5.74) is 2.52. The molecule has 3 N–H and O–H groups in total. The van der Waals surface area contributed by atoms with Gasteiger partial charge in [-0.25, -0.2) is 4.79 Å². The Balaban J connectivity index is 2.31. The summed E-state index contributed by atoms with van der Waals surface area (Å²) >= 11 is 0. The van der Waals surface area contributed by atoms with Crippen molar-refractivity contribution in [1.82, 2.24) is 0 Å². The number of anilines is 2. The summed E-state index contributed by atoms with van der Waals surface area (Å²) in [5, 5.41) is 24.6. The molecule has 1 atom stereocenters. The topological polar surface area (TPSA) is 94.4 Å². The van der Waals surface area contributed by atoms with Crippen molar-refractivity contribution in [3.8, 4) is 11.8 Å². The quantitative estimate of drug-likeness (QED) is 0.680. The fraction of sp³-hybridized carbons (Fsp3) is 0.263. The molecule has 0 aliphatic rings. The minimum atomic E-state index is -0.990. The van der Waals surface area contributed by atoms with Gasteiger partial charge in [0.25, 0.3) is 0 Å². The summed E-state index contributed by atoms with van der Waals surface area (Å²) in [6.07, 6.45) is 0. The summed E-state index contributed by atoms with van der Waals surface area (Å²) in [4.78, 5) is 11.7. The molecule has 0 heterocycles. The smallest absolute Gasteiger partial charge is 0.330 e. The fourth-order valence-electron chi connectivity index (χ4n) is 2.43. The van der Waals surface area contributed by atoms with Crippen LogP contribution in [0.25, 0.3) is 0 Å². The number of nitrogens with zero attached hydrogens (tertiary/aromatic N) is 1. The number of rotatable bonds is 8. The highest BCUT2D eigenvalue weighted by Crippen LogP contribution is 2.30. The number of hydrogen-bond acceptors (Lipinski definition) is 5. The summed E-state index contributed by atoms with van der Waals surface area (Å²) in [6, 6.07) is 13.1. The van der Waals surface area contributed by atoms with Crippen molar-refractivity contribution in [3.05, 3.63) is 53.6 Å². The van der Waals surface area contributed by atoms with Crippen LogP contribution in [0, 0.1) is 11.3 Å². The maximum atomic E-state index is 11.7. The second-order valence-electron chi connectivity index (χ2n) is 5.32. The van der Waals surface area contributed by atoms with Gasteiger partial charge in [0.15, 0.2) is 6.04 Å². The van der Waals surface area contributed by atoms with E-state index in [0.717, 1.165) is 5.69 Å². The third-order valence-corrected chi connectivity index (χ3v) is 3.58. The number of carboxylic acids is 1. The average Bonchev–Trinajstić information content (AvgIpc) is 2.62. The van der Waals surface area contributed by atoms with E-state index in [2.05, 4.69) is 10.6 Å². The lowest BCUT2D eigenvalue weighted by atomic mass is 10.0. The largest absolute Gasteiger partial charge is 0.492 e. The lowest BCUT2D eigenvalue weighted by Gasteiger charge is -2.19. The molecule has 2 aromatic carbocycles. The summed E-state index contributed by atoms with van der Waals surface area (Å²) in [6.45, 7) is 5.09. The van der Waals surface area contributed by atoms with Crippen molar-refractivity contribution < 1.29 is 14.6 Å². The zero-order valence-corrected chi connectivity index (χ0v) is 14.2. The number of nitriles is 1. The second-order valence-corrected chi connectivity index (χ2v) is 5.32. The second kappa shape index (κ2) is 8.60. The van der Waals surface area contributed by atoms with Crippen molar-refractivity contribution in [2.45, 2.75) is 19.9 Å². The summed E-state index contributed by atoms with van der Waals surface area (Å²) in [7, 11) is 0. The van der Waals surface area contributed by atoms with Gasteiger partial charge in [0, 0.05) is 12.2 Å². The van der Waals surface area contributed by atoms with Gasteiger partial charge in [0.2, 0.25) is 0 Å². The molecule has 0 fully saturated rings. The zero-order valence-electron chi connectivity index (χ0n) is 14.2. The first-order chi connectivity index (χ1) is 12.1. The Labute approximate surface area is 147 Å². The molecule has 2 aromatic rings. The van der Waals surface area contributed by atoms with Gasteiger partial charge in [-0.2, -0.15) is 5.26 Å². The molecule has 0 aliphatic heterocycles. The van der Waals surface area contributed by atoms with Crippen LogP contribution < -0.4 is 15.4 Å². The van der Waals surface area contributed by atoms with Crippen molar-refractivity contribution in [3.63, 3.8) is 0 Å². The molecule has 6 nitrogen and oxygen atoms in total. The van der Waals surface area contributed by atoms with Crippen LogP contribution in [-0.2, 0) is 4.79 Å². The normalized spacial score (nSPS) is 11.2. The number of aliphatic carboxylic acids is 1. The molecule has 0 amide bonds. The Kier molecular flexibility index (Phi) is 6.24. The Morgan fingerprint density at radius 2 is 1.96 bits per heavy atom. The van der Waals surface area contributed by atoms with Crippen LogP contribution in [0.5, 0.6) is 5.75 Å². The number of hydrogen-bond donors (Lipinski definition) is 3. The number of nitrogens with one attached hydrogen (secondary N) is 2. The number of benzene rings is 2. The molecule has 0 saturated carbocycles. The summed E-state index contributed by atoms with van der Waals surface area (Å²) in [5.74, 6) is -0.299. The molecule has 1 unspecified atom stereocenters. The summed E-state index contributed by atoms with van der Waals surface area (Å²) < 4.78 is 5.57. The Morgan fingerprint density at radius 1 is 1.24 bits per heavy atom. The van der Waals surface area contributed by atoms with E-state index in [0.29, 0.717) is 35.7 Å². The van der Waals surface area contributed by atoms with E-state index in [1.807, 2.05) is 19.9 Å². The van der Waals surface area contributed by atoms with Crippen LogP contribution in [0.4, 0.5) is 11.4 Å². The predicted octanol–water partition coefficient (Wildman–Crippen LogP) is 3.63. The molecule has 0 aliphatic carbocycles. The van der Waals surface area contributed by atoms with E-state index in [1.165, 1.54) is 0 Å². The Hall–Kier alpha value is -3.20. The molecule has 25 heavy (non-hydrogen) atoms. The molecule has 0 aromatic heterocycles. The lowest BCUT2D eigenvalue weighted by Crippen LogP contribution is -2.20. The first kappa shape index (κ1) is 18.1. The van der Waals surface area contributed by atoms with Crippen LogP contribution in [0.15, 0.2) is 42.5 Å². The van der Waals surface area contributed by atoms with Gasteiger partial charge in [0.1, 0.15) is 5.75 Å². The highest BCUT2D eigenvalue weighted by Gasteiger charge is 2.21. The van der Waals surface area contributed by atoms with Gasteiger partial charge in [-0.05, 0) is 55.8 Å². The first-order valence-corrected chi connectivity index (χ1v) is 8.09. The van der Waals surface area contributed by atoms with Gasteiger partial charge in [0.05, 0.1) is 23.9 Å². The van der Waals surface area contributed by atoms with Crippen molar-refractivity contribution in [2.24, 2.45) is 0 Å². The zero-order chi connectivity index (χ0) is 18.2. The van der Waals surface area contributed by atoms with E-state index in [1.54, 1.807) is 42.5 Å². The van der Waals surface area contributed by atoms with Gasteiger partial charge in [-0.3, -0.25) is 0 Å². The average molecular weight is 339 g/mol. The maximum absolute atomic E-state index is 11.7. The van der Waals surface area contributed by atoms with E-state index in [9.17, 15) is 9.90 Å². The number of carbonyl (C=O) groups is 1. The third kappa shape index (κ3) is 4.64. The minimum absolute atomic E-state index is 0.521. The number of ether oxygens (including phenoxy) is 1. The molecular weight excluding hydrogens is 318 g/mol. The standard InChI is InChI=1S/C19H21N3O3/c1-3-21-16-11-14(7-10-17(16)25-4-2)18(19(23)24)22-15-8-5-13(12-20)6-9-15/h5-11,18,21-22H,3-4H2,1-2H3,(H,23,24). The Bertz CT molecular complexity index is 766. The highest BCUT2D eigenvalue weighted by atomic mass is 16.5. The van der Waals surface area contributed by atoms with Crippen LogP contribution >= 0.6 is 0 Å². The van der Waals surface area contributed by atoms with E-state index in [4.69, 9.17) is 10.00 Å². The molecule has 0 spiro atoms.